The molecule has 1 saturated heterocycles. The summed E-state index contributed by atoms with van der Waals surface area (Å²) in [4.78, 5) is 23.8. The van der Waals surface area contributed by atoms with Crippen molar-refractivity contribution < 1.29 is 0 Å². The third-order valence-electron chi connectivity index (χ3n) is 5.74. The molecule has 8 heteroatoms. The Bertz CT molecular complexity index is 1210. The van der Waals surface area contributed by atoms with E-state index in [4.69, 9.17) is 0 Å². The molecule has 0 bridgehead atoms. The van der Waals surface area contributed by atoms with Gasteiger partial charge in [-0.3, -0.25) is 4.90 Å². The minimum Gasteiger partial charge on any atom is -0.324 e. The van der Waals surface area contributed by atoms with Crippen LogP contribution < -0.4 is 10.6 Å². The summed E-state index contributed by atoms with van der Waals surface area (Å²) < 4.78 is 0. The van der Waals surface area contributed by atoms with E-state index in [1.54, 1.807) is 6.33 Å². The number of hydrogen-bond acceptors (Lipinski definition) is 7. The summed E-state index contributed by atoms with van der Waals surface area (Å²) in [5.74, 6) is 1.82. The molecule has 3 aromatic heterocycles. The molecular weight excluding hydrogens is 400 g/mol. The zero-order valence-electron chi connectivity index (χ0n) is 18.5. The summed E-state index contributed by atoms with van der Waals surface area (Å²) in [6.07, 6.45) is 3.48. The molecule has 0 atom stereocenters. The molecule has 1 aliphatic heterocycles. The standard InChI is InChI=1S/C24H28N8/c1-16(2)20-13-21(28-15-27-20)18-3-4-19-22(12-18)30-24(29-19)31-23-11-17(5-6-26-23)14-32-9-7-25-8-10-32/h3-6,11-13,15-16,25H,7-10,14H2,1-2H3,(H2,26,29,30,31). The number of nitrogens with one attached hydrogen (secondary N) is 3. The number of aromatic amines is 1. The first-order chi connectivity index (χ1) is 15.6. The first kappa shape index (κ1) is 20.5. The van der Waals surface area contributed by atoms with Crippen molar-refractivity contribution in [1.82, 2.24) is 35.1 Å². The number of nitrogens with zero attached hydrogens (tertiary/aromatic N) is 5. The van der Waals surface area contributed by atoms with Crippen LogP contribution in [0.25, 0.3) is 22.3 Å². The number of piperazine rings is 1. The average molecular weight is 429 g/mol. The molecular formula is C24H28N8. The number of benzene rings is 1. The molecule has 3 N–H and O–H groups in total. The van der Waals surface area contributed by atoms with E-state index in [0.29, 0.717) is 11.9 Å². The fourth-order valence-electron chi connectivity index (χ4n) is 3.96. The Hall–Kier alpha value is -3.36. The third-order valence-corrected chi connectivity index (χ3v) is 5.74. The first-order valence-electron chi connectivity index (χ1n) is 11.1. The van der Waals surface area contributed by atoms with Crippen LogP contribution in [0.5, 0.6) is 0 Å². The maximum atomic E-state index is 4.68. The number of imidazole rings is 1. The third kappa shape index (κ3) is 4.61. The minimum atomic E-state index is 0.360. The van der Waals surface area contributed by atoms with Crippen LogP contribution >= 0.6 is 0 Å². The van der Waals surface area contributed by atoms with Crippen molar-refractivity contribution in [2.24, 2.45) is 0 Å². The van der Waals surface area contributed by atoms with E-state index in [9.17, 15) is 0 Å². The summed E-state index contributed by atoms with van der Waals surface area (Å²) in [6, 6.07) is 12.4. The molecule has 1 aromatic carbocycles. The molecule has 0 spiro atoms. The number of pyridine rings is 1. The predicted octanol–water partition coefficient (Wildman–Crippen LogP) is 3.69. The summed E-state index contributed by atoms with van der Waals surface area (Å²) in [5, 5.41) is 6.71. The van der Waals surface area contributed by atoms with E-state index < -0.39 is 0 Å². The smallest absolute Gasteiger partial charge is 0.206 e. The molecule has 1 fully saturated rings. The lowest BCUT2D eigenvalue weighted by atomic mass is 10.1. The number of H-pyrrole nitrogens is 1. The fraction of sp³-hybridized carbons (Fsp3) is 0.333. The Balaban J connectivity index is 1.34. The average Bonchev–Trinajstić information content (AvgIpc) is 3.21. The Kier molecular flexibility index (Phi) is 5.79. The van der Waals surface area contributed by atoms with E-state index in [2.05, 4.69) is 78.6 Å². The van der Waals surface area contributed by atoms with Crippen LogP contribution in [0, 0.1) is 0 Å². The fourth-order valence-corrected chi connectivity index (χ4v) is 3.96. The number of rotatable bonds is 6. The molecule has 32 heavy (non-hydrogen) atoms. The predicted molar refractivity (Wildman–Crippen MR) is 127 cm³/mol. The van der Waals surface area contributed by atoms with Crippen molar-refractivity contribution >= 4 is 22.8 Å². The van der Waals surface area contributed by atoms with Crippen LogP contribution in [0.2, 0.25) is 0 Å². The van der Waals surface area contributed by atoms with Crippen molar-refractivity contribution in [2.45, 2.75) is 26.3 Å². The van der Waals surface area contributed by atoms with Gasteiger partial charge in [0.2, 0.25) is 5.95 Å². The lowest BCUT2D eigenvalue weighted by molar-refractivity contribution is 0.233. The van der Waals surface area contributed by atoms with E-state index in [-0.39, 0.29) is 0 Å². The van der Waals surface area contributed by atoms with Crippen molar-refractivity contribution in [3.05, 3.63) is 60.2 Å². The second-order valence-electron chi connectivity index (χ2n) is 8.50. The summed E-state index contributed by atoms with van der Waals surface area (Å²) in [6.45, 7) is 9.43. The van der Waals surface area contributed by atoms with Gasteiger partial charge in [-0.25, -0.2) is 19.9 Å². The lowest BCUT2D eigenvalue weighted by Crippen LogP contribution is -2.42. The second kappa shape index (κ2) is 9.02. The van der Waals surface area contributed by atoms with E-state index in [1.807, 2.05) is 18.3 Å². The van der Waals surface area contributed by atoms with Crippen molar-refractivity contribution in [2.75, 3.05) is 31.5 Å². The Morgan fingerprint density at radius 1 is 1.03 bits per heavy atom. The summed E-state index contributed by atoms with van der Waals surface area (Å²) in [5.41, 5.74) is 6.07. The highest BCUT2D eigenvalue weighted by molar-refractivity contribution is 5.83. The number of hydrogen-bond donors (Lipinski definition) is 3. The molecule has 4 heterocycles. The molecule has 0 aliphatic carbocycles. The zero-order valence-corrected chi connectivity index (χ0v) is 18.5. The van der Waals surface area contributed by atoms with Crippen molar-refractivity contribution in [1.29, 1.82) is 0 Å². The summed E-state index contributed by atoms with van der Waals surface area (Å²) >= 11 is 0. The topological polar surface area (TPSA) is 94.7 Å². The Labute approximate surface area is 187 Å². The molecule has 1 aliphatic rings. The quantitative estimate of drug-likeness (QED) is 0.431. The lowest BCUT2D eigenvalue weighted by Gasteiger charge is -2.27. The van der Waals surface area contributed by atoms with Crippen LogP contribution in [0.1, 0.15) is 31.0 Å². The van der Waals surface area contributed by atoms with Gasteiger partial charge in [0.25, 0.3) is 0 Å². The maximum absolute atomic E-state index is 4.68. The highest BCUT2D eigenvalue weighted by Gasteiger charge is 2.12. The maximum Gasteiger partial charge on any atom is 0.206 e. The van der Waals surface area contributed by atoms with Gasteiger partial charge in [0.1, 0.15) is 12.1 Å². The van der Waals surface area contributed by atoms with Gasteiger partial charge in [0.05, 0.1) is 16.7 Å². The molecule has 0 amide bonds. The van der Waals surface area contributed by atoms with E-state index in [1.165, 1.54) is 5.56 Å². The monoisotopic (exact) mass is 428 g/mol. The number of anilines is 2. The molecule has 5 rings (SSSR count). The van der Waals surface area contributed by atoms with Gasteiger partial charge in [-0.05, 0) is 41.8 Å². The van der Waals surface area contributed by atoms with Crippen LogP contribution in [0.3, 0.4) is 0 Å². The van der Waals surface area contributed by atoms with Crippen LogP contribution in [0.4, 0.5) is 11.8 Å². The van der Waals surface area contributed by atoms with E-state index >= 15 is 0 Å². The Morgan fingerprint density at radius 2 is 1.91 bits per heavy atom. The van der Waals surface area contributed by atoms with Gasteiger partial charge in [-0.15, -0.1) is 0 Å². The van der Waals surface area contributed by atoms with Gasteiger partial charge >= 0.3 is 0 Å². The SMILES string of the molecule is CC(C)c1cc(-c2ccc3nc(Nc4cc(CN5CCNCC5)ccn4)[nH]c3c2)ncn1. The van der Waals surface area contributed by atoms with Crippen molar-refractivity contribution in [3.8, 4) is 11.3 Å². The molecule has 8 nitrogen and oxygen atoms in total. The zero-order chi connectivity index (χ0) is 21.9. The molecule has 0 radical (unpaired) electrons. The van der Waals surface area contributed by atoms with Crippen molar-refractivity contribution in [3.63, 3.8) is 0 Å². The molecule has 0 saturated carbocycles. The molecule has 4 aromatic rings. The van der Waals surface area contributed by atoms with Crippen LogP contribution in [0.15, 0.2) is 48.9 Å². The molecule has 0 unspecified atom stereocenters. The highest BCUT2D eigenvalue weighted by atomic mass is 15.2. The van der Waals surface area contributed by atoms with Crippen LogP contribution in [-0.2, 0) is 6.54 Å². The van der Waals surface area contributed by atoms with Gasteiger partial charge in [0.15, 0.2) is 0 Å². The minimum absolute atomic E-state index is 0.360. The van der Waals surface area contributed by atoms with Gasteiger partial charge in [0, 0.05) is 50.2 Å². The Morgan fingerprint density at radius 3 is 2.75 bits per heavy atom. The summed E-state index contributed by atoms with van der Waals surface area (Å²) in [7, 11) is 0. The normalized spacial score (nSPS) is 14.8. The largest absolute Gasteiger partial charge is 0.324 e. The number of aromatic nitrogens is 5. The molecule has 164 valence electrons. The van der Waals surface area contributed by atoms with Gasteiger partial charge in [-0.2, -0.15) is 0 Å². The van der Waals surface area contributed by atoms with E-state index in [0.717, 1.165) is 66.5 Å². The van der Waals surface area contributed by atoms with Gasteiger partial charge in [-0.1, -0.05) is 19.9 Å². The second-order valence-corrected chi connectivity index (χ2v) is 8.50. The van der Waals surface area contributed by atoms with Crippen LogP contribution in [-0.4, -0.2) is 56.0 Å². The number of fused-ring (bicyclic) bond motifs is 1. The highest BCUT2D eigenvalue weighted by Crippen LogP contribution is 2.25. The van der Waals surface area contributed by atoms with Gasteiger partial charge < -0.3 is 15.6 Å². The first-order valence-corrected chi connectivity index (χ1v) is 11.1.